The Balaban J connectivity index is 2.55. The van der Waals surface area contributed by atoms with Crippen LogP contribution < -0.4 is 0 Å². The number of aromatic hydroxyl groups is 1. The smallest absolute Gasteiger partial charge is 0.139 e. The van der Waals surface area contributed by atoms with Crippen LogP contribution in [0.15, 0.2) is 36.7 Å². The molecule has 1 heterocycles. The first-order valence-corrected chi connectivity index (χ1v) is 5.01. The second kappa shape index (κ2) is 3.77. The molecule has 0 atom stereocenters. The molecule has 3 heteroatoms. The fraction of sp³-hybridized carbons (Fsp3) is 0.250. The van der Waals surface area contributed by atoms with E-state index >= 15 is 0 Å². The summed E-state index contributed by atoms with van der Waals surface area (Å²) in [5.74, 6) is 1.56. The normalized spacial score (nSPS) is 10.9. The van der Waals surface area contributed by atoms with E-state index in [1.54, 1.807) is 12.3 Å². The van der Waals surface area contributed by atoms with Crippen LogP contribution in [0.4, 0.5) is 0 Å². The van der Waals surface area contributed by atoms with Crippen molar-refractivity contribution in [1.29, 1.82) is 0 Å². The van der Waals surface area contributed by atoms with Crippen molar-refractivity contribution in [1.82, 2.24) is 9.55 Å². The van der Waals surface area contributed by atoms with Crippen LogP contribution in [0.1, 0.15) is 25.6 Å². The van der Waals surface area contributed by atoms with Crippen molar-refractivity contribution < 1.29 is 5.11 Å². The standard InChI is InChI=1S/C12H14N2O/c1-9(2)12-13-7-8-14(12)10-5-3-4-6-11(10)15/h3-9,15H,1-2H3. The maximum absolute atomic E-state index is 9.74. The van der Waals surface area contributed by atoms with Gasteiger partial charge in [-0.3, -0.25) is 4.57 Å². The van der Waals surface area contributed by atoms with Crippen LogP contribution in [0.2, 0.25) is 0 Å². The highest BCUT2D eigenvalue weighted by molar-refractivity contribution is 5.46. The van der Waals surface area contributed by atoms with Gasteiger partial charge in [0, 0.05) is 18.3 Å². The third-order valence-electron chi connectivity index (χ3n) is 2.33. The molecule has 0 amide bonds. The van der Waals surface area contributed by atoms with E-state index in [0.717, 1.165) is 11.5 Å². The van der Waals surface area contributed by atoms with Crippen LogP contribution in [-0.4, -0.2) is 14.7 Å². The van der Waals surface area contributed by atoms with Crippen molar-refractivity contribution in [3.8, 4) is 11.4 Å². The maximum Gasteiger partial charge on any atom is 0.139 e. The van der Waals surface area contributed by atoms with Crippen molar-refractivity contribution in [2.24, 2.45) is 0 Å². The van der Waals surface area contributed by atoms with Crippen molar-refractivity contribution in [3.63, 3.8) is 0 Å². The first-order valence-electron chi connectivity index (χ1n) is 5.01. The van der Waals surface area contributed by atoms with Crippen molar-refractivity contribution in [2.45, 2.75) is 19.8 Å². The lowest BCUT2D eigenvalue weighted by atomic mass is 10.2. The number of aromatic nitrogens is 2. The number of phenols is 1. The maximum atomic E-state index is 9.74. The summed E-state index contributed by atoms with van der Waals surface area (Å²) in [6, 6.07) is 7.27. The van der Waals surface area contributed by atoms with Crippen LogP contribution in [0.25, 0.3) is 5.69 Å². The number of rotatable bonds is 2. The predicted octanol–water partition coefficient (Wildman–Crippen LogP) is 2.70. The van der Waals surface area contributed by atoms with Gasteiger partial charge in [0.15, 0.2) is 0 Å². The third-order valence-corrected chi connectivity index (χ3v) is 2.33. The van der Waals surface area contributed by atoms with Gasteiger partial charge in [0.05, 0.1) is 5.69 Å². The molecule has 78 valence electrons. The number of hydrogen-bond acceptors (Lipinski definition) is 2. The molecular formula is C12H14N2O. The van der Waals surface area contributed by atoms with Gasteiger partial charge in [-0.2, -0.15) is 0 Å². The second-order valence-corrected chi connectivity index (χ2v) is 3.80. The molecule has 2 rings (SSSR count). The van der Waals surface area contributed by atoms with Gasteiger partial charge in [0.2, 0.25) is 0 Å². The fourth-order valence-corrected chi connectivity index (χ4v) is 1.61. The molecule has 0 aliphatic carbocycles. The summed E-state index contributed by atoms with van der Waals surface area (Å²) in [6.45, 7) is 4.16. The molecule has 1 aromatic heterocycles. The predicted molar refractivity (Wildman–Crippen MR) is 59.3 cm³/mol. The van der Waals surface area contributed by atoms with Crippen LogP contribution >= 0.6 is 0 Å². The lowest BCUT2D eigenvalue weighted by Crippen LogP contribution is -2.02. The number of benzene rings is 1. The molecule has 0 aliphatic heterocycles. The summed E-state index contributed by atoms with van der Waals surface area (Å²) in [6.07, 6.45) is 3.62. The molecule has 1 N–H and O–H groups in total. The molecule has 3 nitrogen and oxygen atoms in total. The van der Waals surface area contributed by atoms with Gasteiger partial charge in [-0.1, -0.05) is 26.0 Å². The minimum Gasteiger partial charge on any atom is -0.506 e. The zero-order valence-corrected chi connectivity index (χ0v) is 8.88. The van der Waals surface area contributed by atoms with Gasteiger partial charge < -0.3 is 5.11 Å². The van der Waals surface area contributed by atoms with Gasteiger partial charge in [-0.05, 0) is 12.1 Å². The first kappa shape index (κ1) is 9.77. The molecule has 0 radical (unpaired) electrons. The quantitative estimate of drug-likeness (QED) is 0.813. The summed E-state index contributed by atoms with van der Waals surface area (Å²) < 4.78 is 1.92. The molecule has 0 saturated carbocycles. The lowest BCUT2D eigenvalue weighted by molar-refractivity contribution is 0.471. The van der Waals surface area contributed by atoms with E-state index in [1.807, 2.05) is 29.0 Å². The summed E-state index contributed by atoms with van der Waals surface area (Å²) in [7, 11) is 0. The Morgan fingerprint density at radius 1 is 1.27 bits per heavy atom. The van der Waals surface area contributed by atoms with Crippen LogP contribution in [0, 0.1) is 0 Å². The van der Waals surface area contributed by atoms with E-state index in [2.05, 4.69) is 18.8 Å². The third kappa shape index (κ3) is 1.73. The van der Waals surface area contributed by atoms with E-state index < -0.39 is 0 Å². The van der Waals surface area contributed by atoms with Crippen molar-refractivity contribution in [3.05, 3.63) is 42.5 Å². The summed E-state index contributed by atoms with van der Waals surface area (Å²) in [4.78, 5) is 4.29. The summed E-state index contributed by atoms with van der Waals surface area (Å²) in [5.41, 5.74) is 0.777. The van der Waals surface area contributed by atoms with Crippen LogP contribution in [0.3, 0.4) is 0 Å². The molecule has 0 unspecified atom stereocenters. The van der Waals surface area contributed by atoms with E-state index in [-0.39, 0.29) is 5.75 Å². The first-order chi connectivity index (χ1) is 7.20. The average Bonchev–Trinajstić information content (AvgIpc) is 2.67. The molecule has 2 aromatic rings. The minimum absolute atomic E-state index is 0.275. The van der Waals surface area contributed by atoms with Gasteiger partial charge in [0.25, 0.3) is 0 Å². The number of imidazole rings is 1. The van der Waals surface area contributed by atoms with E-state index in [9.17, 15) is 5.11 Å². The Hall–Kier alpha value is -1.77. The molecule has 0 fully saturated rings. The molecule has 1 aromatic carbocycles. The van der Waals surface area contributed by atoms with Gasteiger partial charge in [-0.25, -0.2) is 4.98 Å². The van der Waals surface area contributed by atoms with E-state index in [1.165, 1.54) is 0 Å². The SMILES string of the molecule is CC(C)c1nccn1-c1ccccc1O. The molecule has 0 saturated heterocycles. The monoisotopic (exact) mass is 202 g/mol. The number of para-hydroxylation sites is 2. The van der Waals surface area contributed by atoms with Gasteiger partial charge >= 0.3 is 0 Å². The zero-order valence-electron chi connectivity index (χ0n) is 8.88. The van der Waals surface area contributed by atoms with Gasteiger partial charge in [-0.15, -0.1) is 0 Å². The highest BCUT2D eigenvalue weighted by Crippen LogP contribution is 2.24. The Morgan fingerprint density at radius 3 is 2.67 bits per heavy atom. The highest BCUT2D eigenvalue weighted by atomic mass is 16.3. The Kier molecular flexibility index (Phi) is 2.46. The van der Waals surface area contributed by atoms with Gasteiger partial charge in [0.1, 0.15) is 11.6 Å². The minimum atomic E-state index is 0.275. The van der Waals surface area contributed by atoms with Crippen molar-refractivity contribution in [2.75, 3.05) is 0 Å². The topological polar surface area (TPSA) is 38.0 Å². The van der Waals surface area contributed by atoms with Crippen LogP contribution in [0.5, 0.6) is 5.75 Å². The van der Waals surface area contributed by atoms with Crippen LogP contribution in [-0.2, 0) is 0 Å². The summed E-state index contributed by atoms with van der Waals surface area (Å²) >= 11 is 0. The molecular weight excluding hydrogens is 188 g/mol. The molecule has 15 heavy (non-hydrogen) atoms. The lowest BCUT2D eigenvalue weighted by Gasteiger charge is -2.11. The Bertz CT molecular complexity index is 460. The summed E-state index contributed by atoms with van der Waals surface area (Å²) in [5, 5.41) is 9.74. The largest absolute Gasteiger partial charge is 0.506 e. The number of nitrogens with zero attached hydrogens (tertiary/aromatic N) is 2. The Morgan fingerprint density at radius 2 is 2.00 bits per heavy atom. The molecule has 0 aliphatic rings. The van der Waals surface area contributed by atoms with E-state index in [0.29, 0.717) is 5.92 Å². The van der Waals surface area contributed by atoms with Crippen molar-refractivity contribution >= 4 is 0 Å². The van der Waals surface area contributed by atoms with E-state index in [4.69, 9.17) is 0 Å². The zero-order chi connectivity index (χ0) is 10.8. The average molecular weight is 202 g/mol. The number of hydrogen-bond donors (Lipinski definition) is 1. The second-order valence-electron chi connectivity index (χ2n) is 3.80. The Labute approximate surface area is 89.0 Å². The molecule has 0 bridgehead atoms. The number of phenolic OH excluding ortho intramolecular Hbond substituents is 1. The highest BCUT2D eigenvalue weighted by Gasteiger charge is 2.10. The fourth-order valence-electron chi connectivity index (χ4n) is 1.61. The molecule has 0 spiro atoms.